The molecule has 3 N–H and O–H groups in total. The largest absolute Gasteiger partial charge is 0.466 e. The molecule has 0 rings (SSSR count). The highest BCUT2D eigenvalue weighted by molar-refractivity contribution is 5.76. The number of carbonyl (C=O) groups excluding carboxylic acids is 2. The number of amides is 1. The van der Waals surface area contributed by atoms with E-state index in [-0.39, 0.29) is 18.5 Å². The van der Waals surface area contributed by atoms with Crippen molar-refractivity contribution in [2.75, 3.05) is 13.2 Å². The van der Waals surface area contributed by atoms with Gasteiger partial charge in [0.25, 0.3) is 0 Å². The van der Waals surface area contributed by atoms with Gasteiger partial charge in [-0.05, 0) is 57.8 Å². The van der Waals surface area contributed by atoms with Crippen molar-refractivity contribution in [1.82, 2.24) is 5.32 Å². The van der Waals surface area contributed by atoms with E-state index in [9.17, 15) is 19.8 Å². The van der Waals surface area contributed by atoms with Gasteiger partial charge >= 0.3 is 5.97 Å². The Labute approximate surface area is 353 Å². The molecule has 0 saturated heterocycles. The lowest BCUT2D eigenvalue weighted by molar-refractivity contribution is -0.143. The average molecular weight is 802 g/mol. The minimum absolute atomic E-state index is 0.0141. The van der Waals surface area contributed by atoms with Crippen LogP contribution in [-0.4, -0.2) is 47.4 Å². The number of hydrogen-bond donors (Lipinski definition) is 3. The molecule has 0 aliphatic carbocycles. The van der Waals surface area contributed by atoms with Crippen LogP contribution in [0, 0.1) is 0 Å². The molecule has 0 spiro atoms. The molecule has 0 aromatic rings. The summed E-state index contributed by atoms with van der Waals surface area (Å²) < 4.78 is 5.45. The van der Waals surface area contributed by atoms with Gasteiger partial charge in [-0.25, -0.2) is 0 Å². The summed E-state index contributed by atoms with van der Waals surface area (Å²) >= 11 is 0. The standard InChI is InChI=1S/C51H95NO5/c1-3-5-7-9-11-13-15-20-25-29-33-37-41-45-51(56)57-46-42-38-34-30-26-22-19-17-16-18-21-24-28-32-36-40-44-50(55)52-48(47-53)49(54)43-39-35-31-27-23-14-12-10-8-6-4-2/h7,9,13,15,39,43,48-49,53-54H,3-6,8,10-12,14,16-38,40-42,44-47H2,1-2H3,(H,52,55)/b9-7-,15-13-,43-39+. The molecule has 0 bridgehead atoms. The highest BCUT2D eigenvalue weighted by atomic mass is 16.5. The first-order chi connectivity index (χ1) is 28.0. The van der Waals surface area contributed by atoms with Crippen LogP contribution in [0.2, 0.25) is 0 Å². The van der Waals surface area contributed by atoms with Gasteiger partial charge in [-0.15, -0.1) is 0 Å². The average Bonchev–Trinajstić information content (AvgIpc) is 3.21. The highest BCUT2D eigenvalue weighted by Gasteiger charge is 2.18. The zero-order valence-electron chi connectivity index (χ0n) is 37.8. The third-order valence-corrected chi connectivity index (χ3v) is 11.1. The molecule has 6 heteroatoms. The summed E-state index contributed by atoms with van der Waals surface area (Å²) in [6, 6.07) is -0.632. The van der Waals surface area contributed by atoms with Crippen molar-refractivity contribution >= 4 is 11.9 Å². The van der Waals surface area contributed by atoms with Gasteiger partial charge < -0.3 is 20.3 Å². The Bertz CT molecular complexity index is 931. The molecule has 57 heavy (non-hydrogen) atoms. The van der Waals surface area contributed by atoms with Crippen molar-refractivity contribution in [1.29, 1.82) is 0 Å². The number of aliphatic hydroxyl groups is 2. The second-order valence-corrected chi connectivity index (χ2v) is 16.8. The van der Waals surface area contributed by atoms with Crippen molar-refractivity contribution < 1.29 is 24.5 Å². The summed E-state index contributed by atoms with van der Waals surface area (Å²) in [5.74, 6) is -0.0917. The number of nitrogens with one attached hydrogen (secondary N) is 1. The van der Waals surface area contributed by atoms with Gasteiger partial charge in [0.1, 0.15) is 0 Å². The second kappa shape index (κ2) is 46.8. The van der Waals surface area contributed by atoms with Crippen LogP contribution in [-0.2, 0) is 14.3 Å². The van der Waals surface area contributed by atoms with Gasteiger partial charge in [0.05, 0.1) is 25.4 Å². The summed E-state index contributed by atoms with van der Waals surface area (Å²) in [4.78, 5) is 24.4. The van der Waals surface area contributed by atoms with Gasteiger partial charge in [-0.2, -0.15) is 0 Å². The Morgan fingerprint density at radius 3 is 1.40 bits per heavy atom. The van der Waals surface area contributed by atoms with Gasteiger partial charge in [-0.3, -0.25) is 9.59 Å². The zero-order chi connectivity index (χ0) is 41.5. The van der Waals surface area contributed by atoms with E-state index in [4.69, 9.17) is 4.74 Å². The Morgan fingerprint density at radius 1 is 0.491 bits per heavy atom. The number of ether oxygens (including phenoxy) is 1. The van der Waals surface area contributed by atoms with Crippen LogP contribution in [0.15, 0.2) is 36.5 Å². The number of hydrogen-bond acceptors (Lipinski definition) is 5. The van der Waals surface area contributed by atoms with E-state index in [0.29, 0.717) is 19.4 Å². The first-order valence-corrected chi connectivity index (χ1v) is 24.8. The summed E-state index contributed by atoms with van der Waals surface area (Å²) in [6.07, 6.45) is 55.7. The van der Waals surface area contributed by atoms with E-state index < -0.39 is 12.1 Å². The maximum atomic E-state index is 12.4. The number of unbranched alkanes of at least 4 members (excludes halogenated alkanes) is 30. The Morgan fingerprint density at radius 2 is 0.912 bits per heavy atom. The first kappa shape index (κ1) is 55.1. The smallest absolute Gasteiger partial charge is 0.305 e. The van der Waals surface area contributed by atoms with Crippen molar-refractivity contribution in [2.45, 2.75) is 264 Å². The number of rotatable bonds is 45. The molecule has 0 radical (unpaired) electrons. The van der Waals surface area contributed by atoms with Gasteiger partial charge in [0.15, 0.2) is 0 Å². The quantitative estimate of drug-likeness (QED) is 0.0324. The molecule has 0 aliphatic heterocycles. The van der Waals surface area contributed by atoms with Gasteiger partial charge in [-0.1, -0.05) is 217 Å². The van der Waals surface area contributed by atoms with Crippen molar-refractivity contribution in [3.63, 3.8) is 0 Å². The fourth-order valence-corrected chi connectivity index (χ4v) is 7.32. The van der Waals surface area contributed by atoms with Crippen LogP contribution in [0.25, 0.3) is 0 Å². The van der Waals surface area contributed by atoms with Crippen LogP contribution in [0.1, 0.15) is 251 Å². The SMILES string of the molecule is CCC/C=C\C/C=C\CCCCCCCC(=O)OCCCCCCCCCCCCCCCCCCC(=O)NC(CO)C(O)/C=C/CCCCCCCCCCC. The van der Waals surface area contributed by atoms with Crippen LogP contribution >= 0.6 is 0 Å². The summed E-state index contributed by atoms with van der Waals surface area (Å²) in [5.41, 5.74) is 0. The third kappa shape index (κ3) is 43.5. The molecule has 0 heterocycles. The Balaban J connectivity index is 3.45. The molecule has 1 amide bonds. The molecular formula is C51H95NO5. The van der Waals surface area contributed by atoms with Crippen molar-refractivity contribution in [3.8, 4) is 0 Å². The Hall–Kier alpha value is -1.92. The molecule has 0 saturated carbocycles. The molecule has 2 atom stereocenters. The predicted octanol–water partition coefficient (Wildman–Crippen LogP) is 14.5. The zero-order valence-corrected chi connectivity index (χ0v) is 37.8. The molecular weight excluding hydrogens is 707 g/mol. The highest BCUT2D eigenvalue weighted by Crippen LogP contribution is 2.15. The topological polar surface area (TPSA) is 95.9 Å². The molecule has 0 fully saturated rings. The lowest BCUT2D eigenvalue weighted by atomic mass is 10.0. The van der Waals surface area contributed by atoms with Crippen LogP contribution in [0.5, 0.6) is 0 Å². The van der Waals surface area contributed by atoms with E-state index >= 15 is 0 Å². The van der Waals surface area contributed by atoms with E-state index in [1.54, 1.807) is 6.08 Å². The molecule has 2 unspecified atom stereocenters. The molecule has 0 aromatic carbocycles. The first-order valence-electron chi connectivity index (χ1n) is 24.8. The van der Waals surface area contributed by atoms with E-state index in [1.165, 1.54) is 167 Å². The lowest BCUT2D eigenvalue weighted by Gasteiger charge is -2.20. The summed E-state index contributed by atoms with van der Waals surface area (Å²) in [5, 5.41) is 23.0. The lowest BCUT2D eigenvalue weighted by Crippen LogP contribution is -2.45. The number of aliphatic hydroxyl groups excluding tert-OH is 2. The van der Waals surface area contributed by atoms with Crippen LogP contribution in [0.3, 0.4) is 0 Å². The molecule has 0 aromatic heterocycles. The fraction of sp³-hybridized carbons (Fsp3) is 0.843. The fourth-order valence-electron chi connectivity index (χ4n) is 7.32. The van der Waals surface area contributed by atoms with Crippen molar-refractivity contribution in [2.24, 2.45) is 0 Å². The summed E-state index contributed by atoms with van der Waals surface area (Å²) in [6.45, 7) is 4.79. The molecule has 0 aliphatic rings. The minimum Gasteiger partial charge on any atom is -0.466 e. The summed E-state index contributed by atoms with van der Waals surface area (Å²) in [7, 11) is 0. The Kier molecular flexibility index (Phi) is 45.2. The monoisotopic (exact) mass is 802 g/mol. The van der Waals surface area contributed by atoms with Crippen LogP contribution in [0.4, 0.5) is 0 Å². The normalized spacial score (nSPS) is 13.0. The van der Waals surface area contributed by atoms with Gasteiger partial charge in [0, 0.05) is 12.8 Å². The third-order valence-electron chi connectivity index (χ3n) is 11.1. The number of esters is 1. The van der Waals surface area contributed by atoms with E-state index in [0.717, 1.165) is 57.8 Å². The predicted molar refractivity (Wildman–Crippen MR) is 246 cm³/mol. The maximum Gasteiger partial charge on any atom is 0.305 e. The van der Waals surface area contributed by atoms with E-state index in [2.05, 4.69) is 43.5 Å². The van der Waals surface area contributed by atoms with E-state index in [1.807, 2.05) is 6.08 Å². The number of allylic oxidation sites excluding steroid dienone is 5. The maximum absolute atomic E-state index is 12.4. The van der Waals surface area contributed by atoms with Crippen LogP contribution < -0.4 is 5.32 Å². The van der Waals surface area contributed by atoms with Crippen molar-refractivity contribution in [3.05, 3.63) is 36.5 Å². The molecule has 6 nitrogen and oxygen atoms in total. The second-order valence-electron chi connectivity index (χ2n) is 16.8. The van der Waals surface area contributed by atoms with Gasteiger partial charge in [0.2, 0.25) is 5.91 Å². The number of carbonyl (C=O) groups is 2. The molecule has 334 valence electrons. The minimum atomic E-state index is -0.848.